The summed E-state index contributed by atoms with van der Waals surface area (Å²) in [5.41, 5.74) is 1.62. The standard InChI is InChI=1S/C15H16N4/c1-18-6-8-19(9-7-18)15-13(11-16)10-12-4-2-3-5-14(12)17-15/h2-5,10H,6-9H2,1H3. The van der Waals surface area contributed by atoms with Gasteiger partial charge in [0.2, 0.25) is 0 Å². The lowest BCUT2D eigenvalue weighted by molar-refractivity contribution is 0.312. The van der Waals surface area contributed by atoms with Crippen molar-refractivity contribution in [3.8, 4) is 6.07 Å². The summed E-state index contributed by atoms with van der Waals surface area (Å²) < 4.78 is 0. The monoisotopic (exact) mass is 252 g/mol. The Morgan fingerprint density at radius 2 is 1.89 bits per heavy atom. The maximum Gasteiger partial charge on any atom is 0.147 e. The minimum absolute atomic E-state index is 0.670. The van der Waals surface area contributed by atoms with E-state index in [4.69, 9.17) is 0 Å². The van der Waals surface area contributed by atoms with Gasteiger partial charge in [0.15, 0.2) is 0 Å². The van der Waals surface area contributed by atoms with E-state index in [2.05, 4.69) is 27.9 Å². The molecule has 19 heavy (non-hydrogen) atoms. The smallest absolute Gasteiger partial charge is 0.147 e. The summed E-state index contributed by atoms with van der Waals surface area (Å²) in [4.78, 5) is 9.19. The van der Waals surface area contributed by atoms with E-state index in [1.807, 2.05) is 30.3 Å². The normalized spacial score (nSPS) is 16.5. The molecule has 3 rings (SSSR count). The summed E-state index contributed by atoms with van der Waals surface area (Å²) in [6, 6.07) is 12.2. The van der Waals surface area contributed by atoms with Crippen LogP contribution in [0.25, 0.3) is 10.9 Å². The molecule has 2 aromatic rings. The molecule has 4 heteroatoms. The second kappa shape index (κ2) is 4.87. The number of pyridine rings is 1. The fraction of sp³-hybridized carbons (Fsp3) is 0.333. The second-order valence-electron chi connectivity index (χ2n) is 4.95. The first-order valence-corrected chi connectivity index (χ1v) is 6.51. The van der Waals surface area contributed by atoms with E-state index in [-0.39, 0.29) is 0 Å². The Bertz CT molecular complexity index is 636. The zero-order valence-electron chi connectivity index (χ0n) is 11.0. The summed E-state index contributed by atoms with van der Waals surface area (Å²) in [6.07, 6.45) is 0. The number of aromatic nitrogens is 1. The number of piperazine rings is 1. The van der Waals surface area contributed by atoms with E-state index >= 15 is 0 Å². The Morgan fingerprint density at radius 1 is 1.16 bits per heavy atom. The van der Waals surface area contributed by atoms with Crippen LogP contribution in [0.2, 0.25) is 0 Å². The van der Waals surface area contributed by atoms with Crippen LogP contribution < -0.4 is 4.90 Å². The molecule has 4 nitrogen and oxygen atoms in total. The first-order valence-electron chi connectivity index (χ1n) is 6.51. The summed E-state index contributed by atoms with van der Waals surface area (Å²) in [5.74, 6) is 0.828. The van der Waals surface area contributed by atoms with Gasteiger partial charge in [-0.1, -0.05) is 18.2 Å². The van der Waals surface area contributed by atoms with Gasteiger partial charge in [-0.3, -0.25) is 0 Å². The lowest BCUT2D eigenvalue weighted by Gasteiger charge is -2.33. The fourth-order valence-corrected chi connectivity index (χ4v) is 2.45. The van der Waals surface area contributed by atoms with Crippen LogP contribution in [0.1, 0.15) is 5.56 Å². The number of rotatable bonds is 1. The van der Waals surface area contributed by atoms with Crippen LogP contribution >= 0.6 is 0 Å². The number of nitriles is 1. The molecule has 0 atom stereocenters. The van der Waals surface area contributed by atoms with E-state index in [1.54, 1.807) is 0 Å². The molecule has 0 N–H and O–H groups in total. The number of anilines is 1. The van der Waals surface area contributed by atoms with Gasteiger partial charge in [0.05, 0.1) is 11.1 Å². The summed E-state index contributed by atoms with van der Waals surface area (Å²) >= 11 is 0. The summed E-state index contributed by atoms with van der Waals surface area (Å²) in [6.45, 7) is 3.88. The van der Waals surface area contributed by atoms with Gasteiger partial charge in [0, 0.05) is 31.6 Å². The highest BCUT2D eigenvalue weighted by Crippen LogP contribution is 2.23. The van der Waals surface area contributed by atoms with Crippen molar-refractivity contribution in [2.75, 3.05) is 38.1 Å². The predicted molar refractivity (Wildman–Crippen MR) is 76.2 cm³/mol. The van der Waals surface area contributed by atoms with E-state index in [0.717, 1.165) is 42.9 Å². The van der Waals surface area contributed by atoms with Crippen molar-refractivity contribution in [3.63, 3.8) is 0 Å². The van der Waals surface area contributed by atoms with Gasteiger partial charge in [-0.2, -0.15) is 5.26 Å². The van der Waals surface area contributed by atoms with Crippen LogP contribution in [0.5, 0.6) is 0 Å². The molecule has 96 valence electrons. The average Bonchev–Trinajstić information content (AvgIpc) is 2.46. The Kier molecular flexibility index (Phi) is 3.06. The Labute approximate surface area is 112 Å². The van der Waals surface area contributed by atoms with E-state index in [1.165, 1.54) is 0 Å². The zero-order valence-corrected chi connectivity index (χ0v) is 11.0. The third kappa shape index (κ3) is 2.25. The van der Waals surface area contributed by atoms with Gasteiger partial charge >= 0.3 is 0 Å². The quantitative estimate of drug-likeness (QED) is 0.777. The molecule has 0 radical (unpaired) electrons. The number of fused-ring (bicyclic) bond motifs is 1. The molecule has 0 saturated carbocycles. The molecule has 1 aliphatic rings. The third-order valence-corrected chi connectivity index (χ3v) is 3.63. The van der Waals surface area contributed by atoms with Crippen molar-refractivity contribution in [3.05, 3.63) is 35.9 Å². The highest BCUT2D eigenvalue weighted by molar-refractivity contribution is 5.83. The first kappa shape index (κ1) is 11.9. The molecule has 0 spiro atoms. The highest BCUT2D eigenvalue weighted by Gasteiger charge is 2.18. The number of hydrogen-bond acceptors (Lipinski definition) is 4. The molecule has 1 aromatic heterocycles. The predicted octanol–water partition coefficient (Wildman–Crippen LogP) is 1.86. The average molecular weight is 252 g/mol. The molecule has 1 fully saturated rings. The van der Waals surface area contributed by atoms with Gasteiger partial charge in [0.25, 0.3) is 0 Å². The van der Waals surface area contributed by atoms with Gasteiger partial charge < -0.3 is 9.80 Å². The SMILES string of the molecule is CN1CCN(c2nc3ccccc3cc2C#N)CC1. The van der Waals surface area contributed by atoms with Crippen LogP contribution in [0, 0.1) is 11.3 Å². The van der Waals surface area contributed by atoms with Crippen molar-refractivity contribution in [1.29, 1.82) is 5.26 Å². The lowest BCUT2D eigenvalue weighted by Crippen LogP contribution is -2.45. The van der Waals surface area contributed by atoms with Gasteiger partial charge in [0.1, 0.15) is 11.9 Å². The van der Waals surface area contributed by atoms with Crippen LogP contribution in [0.15, 0.2) is 30.3 Å². The molecule has 0 aliphatic carbocycles. The maximum absolute atomic E-state index is 9.33. The molecular formula is C15H16N4. The highest BCUT2D eigenvalue weighted by atomic mass is 15.3. The molecular weight excluding hydrogens is 236 g/mol. The molecule has 1 aliphatic heterocycles. The van der Waals surface area contributed by atoms with Crippen molar-refractivity contribution < 1.29 is 0 Å². The number of para-hydroxylation sites is 1. The molecule has 0 amide bonds. The molecule has 2 heterocycles. The summed E-state index contributed by atoms with van der Waals surface area (Å²) in [5, 5.41) is 10.4. The molecule has 1 aromatic carbocycles. The number of nitrogens with zero attached hydrogens (tertiary/aromatic N) is 4. The maximum atomic E-state index is 9.33. The molecule has 1 saturated heterocycles. The Morgan fingerprint density at radius 3 is 2.63 bits per heavy atom. The van der Waals surface area contributed by atoms with Crippen molar-refractivity contribution in [1.82, 2.24) is 9.88 Å². The summed E-state index contributed by atoms with van der Waals surface area (Å²) in [7, 11) is 2.12. The van der Waals surface area contributed by atoms with E-state index in [9.17, 15) is 5.26 Å². The van der Waals surface area contributed by atoms with Crippen molar-refractivity contribution >= 4 is 16.7 Å². The van der Waals surface area contributed by atoms with Crippen molar-refractivity contribution in [2.45, 2.75) is 0 Å². The number of hydrogen-bond donors (Lipinski definition) is 0. The van der Waals surface area contributed by atoms with Crippen LogP contribution in [0.3, 0.4) is 0 Å². The Balaban J connectivity index is 2.04. The van der Waals surface area contributed by atoms with E-state index < -0.39 is 0 Å². The topological polar surface area (TPSA) is 43.2 Å². The lowest BCUT2D eigenvalue weighted by atomic mass is 10.1. The Hall–Kier alpha value is -2.12. The fourth-order valence-electron chi connectivity index (χ4n) is 2.45. The van der Waals surface area contributed by atoms with Crippen LogP contribution in [0.4, 0.5) is 5.82 Å². The number of likely N-dealkylation sites (N-methyl/N-ethyl adjacent to an activating group) is 1. The second-order valence-corrected chi connectivity index (χ2v) is 4.95. The van der Waals surface area contributed by atoms with Gasteiger partial charge in [-0.05, 0) is 19.2 Å². The minimum Gasteiger partial charge on any atom is -0.353 e. The molecule has 0 unspecified atom stereocenters. The van der Waals surface area contributed by atoms with E-state index in [0.29, 0.717) is 5.56 Å². The van der Waals surface area contributed by atoms with Gasteiger partial charge in [-0.15, -0.1) is 0 Å². The van der Waals surface area contributed by atoms with Crippen LogP contribution in [-0.2, 0) is 0 Å². The molecule has 0 bridgehead atoms. The van der Waals surface area contributed by atoms with Crippen molar-refractivity contribution in [2.24, 2.45) is 0 Å². The van der Waals surface area contributed by atoms with Gasteiger partial charge in [-0.25, -0.2) is 4.98 Å². The minimum atomic E-state index is 0.670. The zero-order chi connectivity index (χ0) is 13.2. The largest absolute Gasteiger partial charge is 0.353 e. The van der Waals surface area contributed by atoms with Crippen LogP contribution in [-0.4, -0.2) is 43.1 Å². The number of benzene rings is 1. The first-order chi connectivity index (χ1) is 9.28. The third-order valence-electron chi connectivity index (χ3n) is 3.63.